The summed E-state index contributed by atoms with van der Waals surface area (Å²) in [4.78, 5) is 23.2. The lowest BCUT2D eigenvalue weighted by molar-refractivity contribution is -0.870. The minimum atomic E-state index is -4.34. The third-order valence-corrected chi connectivity index (χ3v) is 13.7. The summed E-state index contributed by atoms with van der Waals surface area (Å²) in [6, 6.07) is -0.846. The average Bonchev–Trinajstić information content (AvgIpc) is 3.31. The average molecular weight is 989 g/mol. The number of rotatable bonds is 52. The number of quaternary nitrogens is 1. The van der Waals surface area contributed by atoms with Crippen molar-refractivity contribution in [2.45, 2.75) is 264 Å². The Balaban J connectivity index is 3.98. The van der Waals surface area contributed by atoms with Gasteiger partial charge in [0.05, 0.1) is 39.9 Å². The summed E-state index contributed by atoms with van der Waals surface area (Å²) in [5.41, 5.74) is 0. The summed E-state index contributed by atoms with van der Waals surface area (Å²) in [5.74, 6) is -0.177. The largest absolute Gasteiger partial charge is 0.472 e. The zero-order valence-corrected chi connectivity index (χ0v) is 46.7. The van der Waals surface area contributed by atoms with Gasteiger partial charge in [-0.05, 0) is 64.2 Å². The van der Waals surface area contributed by atoms with Crippen molar-refractivity contribution in [1.82, 2.24) is 5.32 Å². The molecule has 0 aliphatic rings. The molecule has 3 N–H and O–H groups in total. The van der Waals surface area contributed by atoms with Crippen LogP contribution in [0, 0.1) is 0 Å². The number of hydrogen-bond donors (Lipinski definition) is 3. The number of hydrogen-bond acceptors (Lipinski definition) is 5. The molecule has 402 valence electrons. The second-order valence-electron chi connectivity index (χ2n) is 20.6. The van der Waals surface area contributed by atoms with Gasteiger partial charge in [-0.1, -0.05) is 254 Å². The standard InChI is InChI=1S/C60H111N2O6P/c1-6-8-10-12-14-16-18-20-21-22-23-24-25-26-27-28-29-30-31-32-33-34-35-36-37-38-39-40-41-42-44-46-48-50-52-54-60(64)61-58(57-68-69(65,66)67-56-55-62(3,4)5)59(63)53-51-49-47-45-43-19-17-15-13-11-9-7-2/h8,10,14,16,20-21,23-24,26-27,51,53,58-59,63H,6-7,9,11-13,15,17-19,22,25,28-50,52,54-57H2,1-5H3,(H-,61,64,65,66)/p+1/b10-8-,16-14-,21-20-,24-23-,27-26-,53-51+. The van der Waals surface area contributed by atoms with Crippen molar-refractivity contribution in [3.05, 3.63) is 72.9 Å². The summed E-state index contributed by atoms with van der Waals surface area (Å²) >= 11 is 0. The number of allylic oxidation sites excluding steroid dienone is 11. The van der Waals surface area contributed by atoms with Crippen LogP contribution in [-0.2, 0) is 18.4 Å². The molecule has 0 saturated carbocycles. The summed E-state index contributed by atoms with van der Waals surface area (Å²) in [6.45, 7) is 4.70. The van der Waals surface area contributed by atoms with Crippen LogP contribution in [0.4, 0.5) is 0 Å². The van der Waals surface area contributed by atoms with E-state index in [0.717, 1.165) is 70.6 Å². The number of aliphatic hydroxyl groups excluding tert-OH is 1. The first-order valence-electron chi connectivity index (χ1n) is 28.8. The van der Waals surface area contributed by atoms with Gasteiger partial charge in [0.2, 0.25) is 5.91 Å². The van der Waals surface area contributed by atoms with Gasteiger partial charge in [-0.25, -0.2) is 4.57 Å². The Kier molecular flexibility index (Phi) is 49.3. The summed E-state index contributed by atoms with van der Waals surface area (Å²) in [7, 11) is 1.57. The second-order valence-corrected chi connectivity index (χ2v) is 22.1. The molecule has 8 nitrogen and oxygen atoms in total. The van der Waals surface area contributed by atoms with E-state index in [1.807, 2.05) is 27.2 Å². The van der Waals surface area contributed by atoms with E-state index in [4.69, 9.17) is 9.05 Å². The highest BCUT2D eigenvalue weighted by atomic mass is 31.2. The van der Waals surface area contributed by atoms with E-state index in [-0.39, 0.29) is 19.1 Å². The first-order valence-corrected chi connectivity index (χ1v) is 30.3. The van der Waals surface area contributed by atoms with Gasteiger partial charge in [-0.2, -0.15) is 0 Å². The lowest BCUT2D eigenvalue weighted by Gasteiger charge is -2.25. The number of aliphatic hydroxyl groups is 1. The van der Waals surface area contributed by atoms with Crippen molar-refractivity contribution in [3.63, 3.8) is 0 Å². The van der Waals surface area contributed by atoms with Crippen LogP contribution in [0.5, 0.6) is 0 Å². The van der Waals surface area contributed by atoms with E-state index in [2.05, 4.69) is 79.9 Å². The smallest absolute Gasteiger partial charge is 0.387 e. The summed E-state index contributed by atoms with van der Waals surface area (Å²) in [5, 5.41) is 13.9. The maximum absolute atomic E-state index is 12.9. The molecule has 0 aliphatic heterocycles. The highest BCUT2D eigenvalue weighted by Crippen LogP contribution is 2.43. The molecular formula is C60H112N2O6P+. The van der Waals surface area contributed by atoms with Crippen molar-refractivity contribution in [1.29, 1.82) is 0 Å². The zero-order valence-electron chi connectivity index (χ0n) is 45.8. The van der Waals surface area contributed by atoms with Crippen molar-refractivity contribution >= 4 is 13.7 Å². The van der Waals surface area contributed by atoms with Crippen LogP contribution >= 0.6 is 7.82 Å². The van der Waals surface area contributed by atoms with Crippen LogP contribution in [0.15, 0.2) is 72.9 Å². The van der Waals surface area contributed by atoms with Crippen molar-refractivity contribution in [2.75, 3.05) is 40.9 Å². The molecule has 0 bridgehead atoms. The lowest BCUT2D eigenvalue weighted by atomic mass is 10.0. The van der Waals surface area contributed by atoms with Gasteiger partial charge in [0.1, 0.15) is 13.2 Å². The SMILES string of the molecule is CC/C=C\C/C=C\C/C=C\C/C=C\C/C=C\CCCCCCCCCCCCCCCCCCCCCC(=O)NC(COP(=O)(O)OCC[N+](C)(C)C)C(O)/C=C/CCCCCCCCCCCC. The molecule has 0 aromatic rings. The van der Waals surface area contributed by atoms with Crippen LogP contribution in [0.25, 0.3) is 0 Å². The third-order valence-electron chi connectivity index (χ3n) is 12.7. The van der Waals surface area contributed by atoms with Gasteiger partial charge in [0, 0.05) is 6.42 Å². The molecule has 0 aromatic heterocycles. The van der Waals surface area contributed by atoms with E-state index in [9.17, 15) is 19.4 Å². The predicted octanol–water partition coefficient (Wildman–Crippen LogP) is 17.5. The van der Waals surface area contributed by atoms with Gasteiger partial charge >= 0.3 is 7.82 Å². The second kappa shape index (κ2) is 50.9. The number of carbonyl (C=O) groups is 1. The molecule has 0 heterocycles. The monoisotopic (exact) mass is 988 g/mol. The normalized spacial score (nSPS) is 14.5. The Labute approximate surface area is 427 Å². The molecule has 1 amide bonds. The number of phosphoric acid groups is 1. The fourth-order valence-corrected chi connectivity index (χ4v) is 8.92. The van der Waals surface area contributed by atoms with Crippen molar-refractivity contribution < 1.29 is 32.9 Å². The lowest BCUT2D eigenvalue weighted by Crippen LogP contribution is -2.45. The van der Waals surface area contributed by atoms with E-state index in [0.29, 0.717) is 17.4 Å². The third kappa shape index (κ3) is 53.6. The van der Waals surface area contributed by atoms with Crippen LogP contribution in [0.1, 0.15) is 251 Å². The molecule has 0 saturated heterocycles. The summed E-state index contributed by atoms with van der Waals surface area (Å²) in [6.07, 6.45) is 70.1. The maximum atomic E-state index is 12.9. The Hall–Kier alpha value is -2.06. The fraction of sp³-hybridized carbons (Fsp3) is 0.783. The van der Waals surface area contributed by atoms with Crippen molar-refractivity contribution in [2.24, 2.45) is 0 Å². The maximum Gasteiger partial charge on any atom is 0.472 e. The molecule has 0 rings (SSSR count). The molecule has 0 spiro atoms. The molecule has 69 heavy (non-hydrogen) atoms. The summed E-state index contributed by atoms with van der Waals surface area (Å²) < 4.78 is 23.6. The molecule has 9 heteroatoms. The first kappa shape index (κ1) is 66.9. The number of nitrogens with one attached hydrogen (secondary N) is 1. The molecule has 0 fully saturated rings. The van der Waals surface area contributed by atoms with Gasteiger partial charge in [0.15, 0.2) is 0 Å². The van der Waals surface area contributed by atoms with Crippen LogP contribution in [0.2, 0.25) is 0 Å². The van der Waals surface area contributed by atoms with Crippen LogP contribution in [-0.4, -0.2) is 73.4 Å². The van der Waals surface area contributed by atoms with Crippen LogP contribution < -0.4 is 5.32 Å². The number of unbranched alkanes of at least 4 members (excludes halogenated alkanes) is 29. The van der Waals surface area contributed by atoms with Gasteiger partial charge in [-0.15, -0.1) is 0 Å². The van der Waals surface area contributed by atoms with Crippen LogP contribution in [0.3, 0.4) is 0 Å². The highest BCUT2D eigenvalue weighted by Gasteiger charge is 2.27. The zero-order chi connectivity index (χ0) is 50.6. The van der Waals surface area contributed by atoms with E-state index in [1.165, 1.54) is 161 Å². The fourth-order valence-electron chi connectivity index (χ4n) is 8.19. The quantitative estimate of drug-likeness (QED) is 0.0243. The molecule has 3 unspecified atom stereocenters. The highest BCUT2D eigenvalue weighted by molar-refractivity contribution is 7.47. The Morgan fingerprint density at radius 1 is 0.507 bits per heavy atom. The number of phosphoric ester groups is 1. The molecule has 0 aliphatic carbocycles. The molecule has 0 aromatic carbocycles. The van der Waals surface area contributed by atoms with Gasteiger partial charge in [0.25, 0.3) is 0 Å². The Morgan fingerprint density at radius 3 is 1.28 bits per heavy atom. The van der Waals surface area contributed by atoms with E-state index >= 15 is 0 Å². The number of carbonyl (C=O) groups excluding carboxylic acids is 1. The van der Waals surface area contributed by atoms with E-state index < -0.39 is 20.0 Å². The minimum Gasteiger partial charge on any atom is -0.387 e. The number of nitrogens with zero attached hydrogens (tertiary/aromatic N) is 1. The first-order chi connectivity index (χ1) is 33.5. The Bertz CT molecular complexity index is 1350. The molecule has 0 radical (unpaired) electrons. The minimum absolute atomic E-state index is 0.0609. The van der Waals surface area contributed by atoms with Gasteiger partial charge in [-0.3, -0.25) is 13.8 Å². The topological polar surface area (TPSA) is 105 Å². The predicted molar refractivity (Wildman–Crippen MR) is 300 cm³/mol. The number of likely N-dealkylation sites (N-methyl/N-ethyl adjacent to an activating group) is 1. The van der Waals surface area contributed by atoms with Gasteiger partial charge < -0.3 is 19.8 Å². The van der Waals surface area contributed by atoms with Crippen molar-refractivity contribution in [3.8, 4) is 0 Å². The molecule has 3 atom stereocenters. The molecular weight excluding hydrogens is 876 g/mol. The van der Waals surface area contributed by atoms with E-state index in [1.54, 1.807) is 6.08 Å². The Morgan fingerprint density at radius 2 is 0.870 bits per heavy atom. The number of amides is 1.